The van der Waals surface area contributed by atoms with Crippen LogP contribution in [0.25, 0.3) is 22.0 Å². The summed E-state index contributed by atoms with van der Waals surface area (Å²) in [6, 6.07) is 9.82. The third-order valence-electron chi connectivity index (χ3n) is 6.12. The first-order chi connectivity index (χ1) is 15.7. The van der Waals surface area contributed by atoms with E-state index >= 15 is 0 Å². The first kappa shape index (κ1) is 22.8. The Labute approximate surface area is 191 Å². The molecule has 1 amide bonds. The lowest BCUT2D eigenvalue weighted by Gasteiger charge is -2.34. The van der Waals surface area contributed by atoms with Gasteiger partial charge in [-0.3, -0.25) is 9.59 Å². The summed E-state index contributed by atoms with van der Waals surface area (Å²) in [6.07, 6.45) is 0. The summed E-state index contributed by atoms with van der Waals surface area (Å²) in [5.74, 6) is -1.78. The van der Waals surface area contributed by atoms with Gasteiger partial charge in [-0.05, 0) is 48.4 Å². The van der Waals surface area contributed by atoms with Crippen LogP contribution in [0, 0.1) is 11.7 Å². The van der Waals surface area contributed by atoms with Crippen molar-refractivity contribution >= 4 is 22.5 Å². The van der Waals surface area contributed by atoms with Crippen molar-refractivity contribution in [2.75, 3.05) is 38.1 Å². The van der Waals surface area contributed by atoms with E-state index in [-0.39, 0.29) is 5.92 Å². The molecule has 1 saturated heterocycles. The molecule has 2 aromatic carbocycles. The minimum Gasteiger partial charge on any atom is -0.506 e. The maximum atomic E-state index is 14.2. The number of benzene rings is 2. The summed E-state index contributed by atoms with van der Waals surface area (Å²) < 4.78 is 15.7. The van der Waals surface area contributed by atoms with Crippen LogP contribution in [0.1, 0.15) is 24.2 Å². The fourth-order valence-electron chi connectivity index (χ4n) is 4.44. The monoisotopic (exact) mass is 452 g/mol. The number of anilines is 1. The van der Waals surface area contributed by atoms with E-state index in [1.807, 2.05) is 26.0 Å². The van der Waals surface area contributed by atoms with Crippen LogP contribution in [0.15, 0.2) is 41.2 Å². The lowest BCUT2D eigenvalue weighted by molar-refractivity contribution is 0.0996. The summed E-state index contributed by atoms with van der Waals surface area (Å²) in [7, 11) is 2.07. The number of hydrogen-bond acceptors (Lipinski definition) is 5. The van der Waals surface area contributed by atoms with E-state index in [1.54, 1.807) is 12.1 Å². The Balaban J connectivity index is 2.10. The summed E-state index contributed by atoms with van der Waals surface area (Å²) in [5.41, 5.74) is 6.86. The summed E-state index contributed by atoms with van der Waals surface area (Å²) in [5, 5.41) is 11.4. The van der Waals surface area contributed by atoms with Crippen LogP contribution in [-0.4, -0.2) is 53.7 Å². The zero-order valence-electron chi connectivity index (χ0n) is 19.1. The van der Waals surface area contributed by atoms with Crippen molar-refractivity contribution in [1.29, 1.82) is 0 Å². The van der Waals surface area contributed by atoms with Crippen molar-refractivity contribution in [3.8, 4) is 16.9 Å². The molecular weight excluding hydrogens is 423 g/mol. The normalized spacial score (nSPS) is 14.9. The van der Waals surface area contributed by atoms with Crippen LogP contribution in [0.5, 0.6) is 5.75 Å². The van der Waals surface area contributed by atoms with Crippen molar-refractivity contribution in [1.82, 2.24) is 9.47 Å². The van der Waals surface area contributed by atoms with Crippen molar-refractivity contribution in [2.45, 2.75) is 20.4 Å². The third-order valence-corrected chi connectivity index (χ3v) is 6.12. The van der Waals surface area contributed by atoms with Gasteiger partial charge in [0.1, 0.15) is 17.1 Å². The number of aromatic nitrogens is 1. The van der Waals surface area contributed by atoms with Gasteiger partial charge in [0.25, 0.3) is 11.5 Å². The topological polar surface area (TPSA) is 91.8 Å². The van der Waals surface area contributed by atoms with Gasteiger partial charge in [0, 0.05) is 43.8 Å². The Bertz CT molecular complexity index is 1280. The van der Waals surface area contributed by atoms with E-state index in [9.17, 15) is 19.1 Å². The molecule has 3 aromatic rings. The maximum absolute atomic E-state index is 14.2. The Morgan fingerprint density at radius 3 is 2.45 bits per heavy atom. The van der Waals surface area contributed by atoms with Crippen molar-refractivity contribution < 1.29 is 14.3 Å². The second-order valence-corrected chi connectivity index (χ2v) is 9.09. The molecule has 1 aromatic heterocycles. The highest BCUT2D eigenvalue weighted by molar-refractivity contribution is 6.07. The lowest BCUT2D eigenvalue weighted by atomic mass is 9.96. The number of aromatic hydroxyl groups is 1. The molecule has 0 bridgehead atoms. The molecule has 4 rings (SSSR count). The molecule has 0 radical (unpaired) electrons. The van der Waals surface area contributed by atoms with Crippen LogP contribution in [0.2, 0.25) is 0 Å². The lowest BCUT2D eigenvalue weighted by Crippen LogP contribution is -2.44. The predicted molar refractivity (Wildman–Crippen MR) is 128 cm³/mol. The number of primary amides is 1. The molecule has 0 atom stereocenters. The number of carbonyl (C=O) groups excluding carboxylic acids is 1. The molecule has 7 nitrogen and oxygen atoms in total. The van der Waals surface area contributed by atoms with Crippen molar-refractivity contribution in [3.05, 3.63) is 58.1 Å². The minimum absolute atomic E-state index is 0.0982. The number of halogens is 1. The summed E-state index contributed by atoms with van der Waals surface area (Å²) in [6.45, 7) is 7.63. The van der Waals surface area contributed by atoms with Gasteiger partial charge in [-0.2, -0.15) is 0 Å². The molecule has 0 unspecified atom stereocenters. The highest BCUT2D eigenvalue weighted by atomic mass is 19.1. The number of amides is 1. The molecule has 33 heavy (non-hydrogen) atoms. The van der Waals surface area contributed by atoms with Crippen LogP contribution in [-0.2, 0) is 6.54 Å². The summed E-state index contributed by atoms with van der Waals surface area (Å²) >= 11 is 0. The van der Waals surface area contributed by atoms with Crippen LogP contribution < -0.4 is 16.2 Å². The van der Waals surface area contributed by atoms with Gasteiger partial charge in [-0.25, -0.2) is 4.39 Å². The maximum Gasteiger partial charge on any atom is 0.267 e. The molecule has 1 aliphatic rings. The van der Waals surface area contributed by atoms with E-state index in [0.29, 0.717) is 28.6 Å². The molecule has 0 aliphatic carbocycles. The molecule has 2 heterocycles. The first-order valence-electron chi connectivity index (χ1n) is 11.1. The first-order valence-corrected chi connectivity index (χ1v) is 11.1. The minimum atomic E-state index is -0.995. The fraction of sp³-hybridized carbons (Fsp3) is 0.360. The standard InChI is InChI=1S/C25H29FN4O3/c1-15(2)14-30-20-13-18(29-9-7-28(3)8-10-29)12-19(16-5-4-6-17(26)11-16)21(20)23(31)22(24(27)32)25(30)33/h4-6,11-13,15,31H,7-10,14H2,1-3H3,(H2,27,32). The van der Waals surface area contributed by atoms with Crippen LogP contribution >= 0.6 is 0 Å². The Kier molecular flexibility index (Phi) is 6.12. The summed E-state index contributed by atoms with van der Waals surface area (Å²) in [4.78, 5) is 29.8. The Morgan fingerprint density at radius 1 is 1.15 bits per heavy atom. The predicted octanol–water partition coefficient (Wildman–Crippen LogP) is 3.02. The average molecular weight is 453 g/mol. The number of carbonyl (C=O) groups is 1. The van der Waals surface area contributed by atoms with Gasteiger partial charge in [-0.15, -0.1) is 0 Å². The molecule has 1 aliphatic heterocycles. The molecule has 8 heteroatoms. The number of nitrogens with zero attached hydrogens (tertiary/aromatic N) is 3. The molecule has 174 valence electrons. The van der Waals surface area contributed by atoms with Gasteiger partial charge >= 0.3 is 0 Å². The highest BCUT2D eigenvalue weighted by Crippen LogP contribution is 2.39. The van der Waals surface area contributed by atoms with Gasteiger partial charge in [0.15, 0.2) is 0 Å². The fourth-order valence-corrected chi connectivity index (χ4v) is 4.44. The van der Waals surface area contributed by atoms with Crippen LogP contribution in [0.4, 0.5) is 10.1 Å². The van der Waals surface area contributed by atoms with E-state index < -0.39 is 28.6 Å². The zero-order valence-corrected chi connectivity index (χ0v) is 19.1. The number of likely N-dealkylation sites (N-methyl/N-ethyl adjacent to an activating group) is 1. The number of hydrogen-bond donors (Lipinski definition) is 2. The van der Waals surface area contributed by atoms with E-state index in [4.69, 9.17) is 5.73 Å². The third kappa shape index (κ3) is 4.30. The van der Waals surface area contributed by atoms with Gasteiger partial charge in [0.05, 0.1) is 5.52 Å². The number of nitrogens with two attached hydrogens (primary N) is 1. The average Bonchev–Trinajstić information content (AvgIpc) is 2.76. The van der Waals surface area contributed by atoms with Gasteiger partial charge in [0.2, 0.25) is 0 Å². The SMILES string of the molecule is CC(C)Cn1c(=O)c(C(N)=O)c(O)c2c(-c3cccc(F)c3)cc(N3CCN(C)CC3)cc21. The Hall–Kier alpha value is -3.39. The molecule has 0 saturated carbocycles. The number of piperazine rings is 1. The number of rotatable bonds is 5. The van der Waals surface area contributed by atoms with Gasteiger partial charge < -0.3 is 25.2 Å². The van der Waals surface area contributed by atoms with Crippen LogP contribution in [0.3, 0.4) is 0 Å². The smallest absolute Gasteiger partial charge is 0.267 e. The molecule has 3 N–H and O–H groups in total. The second kappa shape index (κ2) is 8.86. The molecule has 0 spiro atoms. The Morgan fingerprint density at radius 2 is 1.85 bits per heavy atom. The zero-order chi connectivity index (χ0) is 23.9. The quantitative estimate of drug-likeness (QED) is 0.621. The van der Waals surface area contributed by atoms with E-state index in [2.05, 4.69) is 16.8 Å². The number of pyridine rings is 1. The molecule has 1 fully saturated rings. The van der Waals surface area contributed by atoms with Gasteiger partial charge in [-0.1, -0.05) is 26.0 Å². The van der Waals surface area contributed by atoms with Crippen molar-refractivity contribution in [2.24, 2.45) is 11.7 Å². The largest absolute Gasteiger partial charge is 0.506 e. The van der Waals surface area contributed by atoms with E-state index in [0.717, 1.165) is 31.9 Å². The highest BCUT2D eigenvalue weighted by Gasteiger charge is 2.25. The number of fused-ring (bicyclic) bond motifs is 1. The van der Waals surface area contributed by atoms with E-state index in [1.165, 1.54) is 16.7 Å². The van der Waals surface area contributed by atoms with Crippen molar-refractivity contribution in [3.63, 3.8) is 0 Å². The molecular formula is C25H29FN4O3. The second-order valence-electron chi connectivity index (χ2n) is 9.09.